The van der Waals surface area contributed by atoms with E-state index in [9.17, 15) is 0 Å². The first-order valence-electron chi connectivity index (χ1n) is 7.34. The van der Waals surface area contributed by atoms with Crippen LogP contribution in [0.3, 0.4) is 0 Å². The summed E-state index contributed by atoms with van der Waals surface area (Å²) < 4.78 is 2.24. The Morgan fingerprint density at radius 3 is 2.23 bits per heavy atom. The normalized spacial score (nSPS) is 11.0. The Hall–Kier alpha value is -2.81. The first kappa shape index (κ1) is 14.1. The number of para-hydroxylation sites is 2. The number of aromatic nitrogens is 1. The van der Waals surface area contributed by atoms with E-state index >= 15 is 0 Å². The number of hydrazone groups is 1. The van der Waals surface area contributed by atoms with Crippen molar-refractivity contribution in [1.29, 1.82) is 0 Å². The molecule has 0 saturated heterocycles. The first-order chi connectivity index (χ1) is 10.8. The number of rotatable bonds is 4. The number of nitrogens with zero attached hydrogens (tertiary/aromatic N) is 2. The van der Waals surface area contributed by atoms with Crippen molar-refractivity contribution in [2.45, 2.75) is 13.8 Å². The molecule has 0 spiro atoms. The van der Waals surface area contributed by atoms with E-state index in [1.165, 1.54) is 17.1 Å². The molecule has 0 atom stereocenters. The summed E-state index contributed by atoms with van der Waals surface area (Å²) in [4.78, 5) is 0. The SMILES string of the molecule is Cc1cc(/C=N\Nc2ccccc2)c(C)n1-c1ccccc1. The molecule has 3 rings (SSSR count). The van der Waals surface area contributed by atoms with Gasteiger partial charge in [-0.2, -0.15) is 5.10 Å². The average molecular weight is 289 g/mol. The lowest BCUT2D eigenvalue weighted by Crippen LogP contribution is -1.99. The third-order valence-corrected chi connectivity index (χ3v) is 3.66. The molecular formula is C19H19N3. The van der Waals surface area contributed by atoms with Crippen LogP contribution in [0.2, 0.25) is 0 Å². The van der Waals surface area contributed by atoms with Crippen molar-refractivity contribution in [2.24, 2.45) is 5.10 Å². The van der Waals surface area contributed by atoms with Crippen molar-refractivity contribution in [1.82, 2.24) is 4.57 Å². The van der Waals surface area contributed by atoms with Gasteiger partial charge in [0.1, 0.15) is 0 Å². The van der Waals surface area contributed by atoms with E-state index in [1.54, 1.807) is 0 Å². The van der Waals surface area contributed by atoms with Crippen molar-refractivity contribution < 1.29 is 0 Å². The molecule has 0 fully saturated rings. The molecule has 0 aliphatic carbocycles. The Labute approximate surface area is 130 Å². The van der Waals surface area contributed by atoms with Crippen LogP contribution in [0.4, 0.5) is 5.69 Å². The van der Waals surface area contributed by atoms with Crippen LogP contribution in [-0.4, -0.2) is 10.8 Å². The largest absolute Gasteiger partial charge is 0.318 e. The van der Waals surface area contributed by atoms with Crippen LogP contribution in [0, 0.1) is 13.8 Å². The van der Waals surface area contributed by atoms with Gasteiger partial charge in [0.15, 0.2) is 0 Å². The Morgan fingerprint density at radius 2 is 1.55 bits per heavy atom. The highest BCUT2D eigenvalue weighted by Gasteiger charge is 2.08. The molecular weight excluding hydrogens is 270 g/mol. The molecule has 0 aliphatic rings. The van der Waals surface area contributed by atoms with Gasteiger partial charge in [-0.3, -0.25) is 5.43 Å². The molecule has 0 aliphatic heterocycles. The van der Waals surface area contributed by atoms with Gasteiger partial charge in [0.2, 0.25) is 0 Å². The summed E-state index contributed by atoms with van der Waals surface area (Å²) in [6, 6.07) is 22.5. The highest BCUT2D eigenvalue weighted by molar-refractivity contribution is 5.82. The van der Waals surface area contributed by atoms with Gasteiger partial charge in [0.25, 0.3) is 0 Å². The highest BCUT2D eigenvalue weighted by atomic mass is 15.3. The Balaban J connectivity index is 1.84. The Kier molecular flexibility index (Phi) is 4.05. The predicted molar refractivity (Wildman–Crippen MR) is 92.9 cm³/mol. The lowest BCUT2D eigenvalue weighted by molar-refractivity contribution is 0.965. The maximum absolute atomic E-state index is 4.33. The van der Waals surface area contributed by atoms with Crippen molar-refractivity contribution in [2.75, 3.05) is 5.43 Å². The second-order valence-corrected chi connectivity index (χ2v) is 5.23. The van der Waals surface area contributed by atoms with E-state index < -0.39 is 0 Å². The summed E-state index contributed by atoms with van der Waals surface area (Å²) in [6.07, 6.45) is 1.87. The zero-order chi connectivity index (χ0) is 15.4. The summed E-state index contributed by atoms with van der Waals surface area (Å²) in [6.45, 7) is 4.23. The number of benzene rings is 2. The fourth-order valence-corrected chi connectivity index (χ4v) is 2.58. The molecule has 0 amide bonds. The average Bonchev–Trinajstić information content (AvgIpc) is 2.83. The van der Waals surface area contributed by atoms with Gasteiger partial charge in [-0.15, -0.1) is 0 Å². The van der Waals surface area contributed by atoms with Crippen molar-refractivity contribution in [3.05, 3.63) is 83.7 Å². The summed E-state index contributed by atoms with van der Waals surface area (Å²) in [5, 5.41) is 4.33. The first-order valence-corrected chi connectivity index (χ1v) is 7.34. The van der Waals surface area contributed by atoms with Gasteiger partial charge in [-0.1, -0.05) is 36.4 Å². The summed E-state index contributed by atoms with van der Waals surface area (Å²) in [7, 11) is 0. The van der Waals surface area contributed by atoms with Gasteiger partial charge >= 0.3 is 0 Å². The fourth-order valence-electron chi connectivity index (χ4n) is 2.58. The van der Waals surface area contributed by atoms with Gasteiger partial charge in [0.05, 0.1) is 11.9 Å². The monoisotopic (exact) mass is 289 g/mol. The van der Waals surface area contributed by atoms with Crippen LogP contribution in [0.15, 0.2) is 71.8 Å². The Bertz CT molecular complexity index is 771. The standard InChI is InChI=1S/C19H19N3/c1-15-13-17(14-20-21-18-9-5-3-6-10-18)16(2)22(15)19-11-7-4-8-12-19/h3-14,21H,1-2H3/b20-14-. The minimum Gasteiger partial charge on any atom is -0.318 e. The lowest BCUT2D eigenvalue weighted by Gasteiger charge is -2.09. The molecule has 2 aromatic carbocycles. The van der Waals surface area contributed by atoms with Crippen LogP contribution >= 0.6 is 0 Å². The van der Waals surface area contributed by atoms with Crippen LogP contribution in [0.1, 0.15) is 17.0 Å². The smallest absolute Gasteiger partial charge is 0.0562 e. The lowest BCUT2D eigenvalue weighted by atomic mass is 10.2. The zero-order valence-electron chi connectivity index (χ0n) is 12.8. The molecule has 110 valence electrons. The predicted octanol–water partition coefficient (Wildman–Crippen LogP) is 4.54. The van der Waals surface area contributed by atoms with Gasteiger partial charge in [0, 0.05) is 22.6 Å². The molecule has 0 radical (unpaired) electrons. The Morgan fingerprint density at radius 1 is 0.909 bits per heavy atom. The number of nitrogens with one attached hydrogen (secondary N) is 1. The second kappa shape index (κ2) is 6.31. The summed E-state index contributed by atoms with van der Waals surface area (Å²) in [5.41, 5.74) is 8.70. The summed E-state index contributed by atoms with van der Waals surface area (Å²) >= 11 is 0. The van der Waals surface area contributed by atoms with Crippen molar-refractivity contribution >= 4 is 11.9 Å². The van der Waals surface area contributed by atoms with E-state index in [-0.39, 0.29) is 0 Å². The molecule has 3 aromatic rings. The zero-order valence-corrected chi connectivity index (χ0v) is 12.8. The van der Waals surface area contributed by atoms with E-state index in [0.717, 1.165) is 11.3 Å². The van der Waals surface area contributed by atoms with Gasteiger partial charge in [-0.05, 0) is 44.2 Å². The maximum atomic E-state index is 4.33. The summed E-state index contributed by atoms with van der Waals surface area (Å²) in [5.74, 6) is 0. The molecule has 22 heavy (non-hydrogen) atoms. The third-order valence-electron chi connectivity index (χ3n) is 3.66. The molecule has 1 heterocycles. The number of aryl methyl sites for hydroxylation is 1. The van der Waals surface area contributed by atoms with Crippen LogP contribution in [0.25, 0.3) is 5.69 Å². The van der Waals surface area contributed by atoms with E-state index in [0.29, 0.717) is 0 Å². The fraction of sp³-hybridized carbons (Fsp3) is 0.105. The molecule has 3 heteroatoms. The molecule has 0 bridgehead atoms. The van der Waals surface area contributed by atoms with E-state index in [2.05, 4.69) is 59.3 Å². The van der Waals surface area contributed by atoms with E-state index in [1.807, 2.05) is 42.6 Å². The van der Waals surface area contributed by atoms with Gasteiger partial charge < -0.3 is 4.57 Å². The maximum Gasteiger partial charge on any atom is 0.0562 e. The van der Waals surface area contributed by atoms with Crippen molar-refractivity contribution in [3.63, 3.8) is 0 Å². The molecule has 3 nitrogen and oxygen atoms in total. The molecule has 1 N–H and O–H groups in total. The third kappa shape index (κ3) is 2.93. The number of hydrogen-bond acceptors (Lipinski definition) is 2. The molecule has 0 unspecified atom stereocenters. The second-order valence-electron chi connectivity index (χ2n) is 5.23. The van der Waals surface area contributed by atoms with Gasteiger partial charge in [-0.25, -0.2) is 0 Å². The number of hydrogen-bond donors (Lipinski definition) is 1. The number of anilines is 1. The highest BCUT2D eigenvalue weighted by Crippen LogP contribution is 2.19. The van der Waals surface area contributed by atoms with Crippen LogP contribution < -0.4 is 5.43 Å². The van der Waals surface area contributed by atoms with E-state index in [4.69, 9.17) is 0 Å². The molecule has 0 saturated carbocycles. The minimum absolute atomic E-state index is 0.982. The molecule has 1 aromatic heterocycles. The van der Waals surface area contributed by atoms with Crippen LogP contribution in [-0.2, 0) is 0 Å². The van der Waals surface area contributed by atoms with Crippen molar-refractivity contribution in [3.8, 4) is 5.69 Å². The topological polar surface area (TPSA) is 29.3 Å². The van der Waals surface area contributed by atoms with Crippen LogP contribution in [0.5, 0.6) is 0 Å². The minimum atomic E-state index is 0.982. The quantitative estimate of drug-likeness (QED) is 0.554.